The van der Waals surface area contributed by atoms with Crippen LogP contribution in [-0.2, 0) is 4.79 Å². The Kier molecular flexibility index (Phi) is 4.21. The average Bonchev–Trinajstić information content (AvgIpc) is 2.79. The topological polar surface area (TPSA) is 96.5 Å². The molecule has 0 bridgehead atoms. The maximum absolute atomic E-state index is 12.6. The van der Waals surface area contributed by atoms with Crippen molar-refractivity contribution in [1.82, 2.24) is 15.0 Å². The van der Waals surface area contributed by atoms with Crippen molar-refractivity contribution in [3.05, 3.63) is 23.0 Å². The lowest BCUT2D eigenvalue weighted by atomic mass is 10.1. The number of carbonyl (C=O) groups is 2. The molecule has 2 aromatic rings. The maximum atomic E-state index is 12.6. The van der Waals surface area contributed by atoms with Gasteiger partial charge in [0.1, 0.15) is 0 Å². The summed E-state index contributed by atoms with van der Waals surface area (Å²) in [6.07, 6.45) is -0.0879. The van der Waals surface area contributed by atoms with E-state index < -0.39 is 5.97 Å². The molecule has 2 rings (SSSR count). The van der Waals surface area contributed by atoms with Crippen LogP contribution < -0.4 is 0 Å². The number of fused-ring (bicyclic) bond motifs is 1. The first-order valence-corrected chi connectivity index (χ1v) is 6.68. The van der Waals surface area contributed by atoms with Crippen LogP contribution in [0.3, 0.4) is 0 Å². The number of hydrogen-bond acceptors (Lipinski definition) is 5. The third-order valence-electron chi connectivity index (χ3n) is 3.24. The van der Waals surface area contributed by atoms with Crippen molar-refractivity contribution in [1.29, 1.82) is 0 Å². The molecule has 0 fully saturated rings. The summed E-state index contributed by atoms with van der Waals surface area (Å²) in [4.78, 5) is 29.0. The lowest BCUT2D eigenvalue weighted by Crippen LogP contribution is -2.33. The second-order valence-corrected chi connectivity index (χ2v) is 4.79. The summed E-state index contributed by atoms with van der Waals surface area (Å²) in [6.45, 7) is 5.91. The van der Waals surface area contributed by atoms with Crippen LogP contribution in [0.4, 0.5) is 0 Å². The van der Waals surface area contributed by atoms with E-state index in [2.05, 4.69) is 10.1 Å². The predicted molar refractivity (Wildman–Crippen MR) is 75.1 cm³/mol. The fraction of sp³-hybridized carbons (Fsp3) is 0.429. The largest absolute Gasteiger partial charge is 0.481 e. The molecule has 0 unspecified atom stereocenters. The van der Waals surface area contributed by atoms with E-state index in [0.717, 1.165) is 0 Å². The zero-order valence-electron chi connectivity index (χ0n) is 12.2. The minimum absolute atomic E-state index is 0.0879. The molecule has 0 atom stereocenters. The standard InChI is InChI=1S/C14H17N3O4/c1-4-17(6-5-11(18)19)14(20)10-7-8(2)15-13-12(10)9(3)16-21-13/h7H,4-6H2,1-3H3,(H,18,19). The Morgan fingerprint density at radius 3 is 2.71 bits per heavy atom. The van der Waals surface area contributed by atoms with Gasteiger partial charge in [-0.2, -0.15) is 0 Å². The highest BCUT2D eigenvalue weighted by atomic mass is 16.5. The zero-order valence-corrected chi connectivity index (χ0v) is 12.2. The second-order valence-electron chi connectivity index (χ2n) is 4.79. The van der Waals surface area contributed by atoms with E-state index in [9.17, 15) is 9.59 Å². The van der Waals surface area contributed by atoms with Crippen LogP contribution in [-0.4, -0.2) is 45.1 Å². The summed E-state index contributed by atoms with van der Waals surface area (Å²) in [7, 11) is 0. The van der Waals surface area contributed by atoms with E-state index in [0.29, 0.717) is 34.6 Å². The van der Waals surface area contributed by atoms with Crippen molar-refractivity contribution in [2.45, 2.75) is 27.2 Å². The van der Waals surface area contributed by atoms with Crippen molar-refractivity contribution in [3.8, 4) is 0 Å². The highest BCUT2D eigenvalue weighted by Gasteiger charge is 2.22. The number of amides is 1. The summed E-state index contributed by atoms with van der Waals surface area (Å²) >= 11 is 0. The lowest BCUT2D eigenvalue weighted by molar-refractivity contribution is -0.137. The Morgan fingerprint density at radius 1 is 1.38 bits per heavy atom. The van der Waals surface area contributed by atoms with Crippen LogP contribution in [0.2, 0.25) is 0 Å². The zero-order chi connectivity index (χ0) is 15.6. The number of aliphatic carboxylic acids is 1. The van der Waals surface area contributed by atoms with Gasteiger partial charge in [-0.3, -0.25) is 9.59 Å². The summed E-state index contributed by atoms with van der Waals surface area (Å²) in [5.41, 5.74) is 2.01. The number of carboxylic acid groups (broad SMARTS) is 1. The third-order valence-corrected chi connectivity index (χ3v) is 3.24. The summed E-state index contributed by atoms with van der Waals surface area (Å²) in [6, 6.07) is 1.68. The molecule has 0 saturated carbocycles. The molecule has 0 radical (unpaired) electrons. The molecule has 2 aromatic heterocycles. The molecule has 7 nitrogen and oxygen atoms in total. The van der Waals surface area contributed by atoms with Crippen molar-refractivity contribution >= 4 is 23.0 Å². The number of carbonyl (C=O) groups excluding carboxylic acids is 1. The van der Waals surface area contributed by atoms with Crippen LogP contribution in [0.5, 0.6) is 0 Å². The van der Waals surface area contributed by atoms with Gasteiger partial charge in [0.15, 0.2) is 0 Å². The number of pyridine rings is 1. The monoisotopic (exact) mass is 291 g/mol. The Morgan fingerprint density at radius 2 is 2.10 bits per heavy atom. The Labute approximate surface area is 121 Å². The van der Waals surface area contributed by atoms with Gasteiger partial charge < -0.3 is 14.5 Å². The minimum Gasteiger partial charge on any atom is -0.481 e. The van der Waals surface area contributed by atoms with Crippen LogP contribution in [0.25, 0.3) is 11.1 Å². The SMILES string of the molecule is CCN(CCC(=O)O)C(=O)c1cc(C)nc2onc(C)c12. The number of carboxylic acids is 1. The smallest absolute Gasteiger partial charge is 0.305 e. The van der Waals surface area contributed by atoms with Crippen molar-refractivity contribution in [2.75, 3.05) is 13.1 Å². The molecule has 0 aliphatic carbocycles. The maximum Gasteiger partial charge on any atom is 0.305 e. The van der Waals surface area contributed by atoms with Crippen LogP contribution in [0.15, 0.2) is 10.6 Å². The van der Waals surface area contributed by atoms with Crippen molar-refractivity contribution in [2.24, 2.45) is 0 Å². The quantitative estimate of drug-likeness (QED) is 0.901. The second kappa shape index (κ2) is 5.90. The van der Waals surface area contributed by atoms with Gasteiger partial charge >= 0.3 is 5.97 Å². The van der Waals surface area contributed by atoms with E-state index >= 15 is 0 Å². The predicted octanol–water partition coefficient (Wildman–Crippen LogP) is 1.78. The summed E-state index contributed by atoms with van der Waals surface area (Å²) < 4.78 is 5.11. The highest BCUT2D eigenvalue weighted by Crippen LogP contribution is 2.23. The van der Waals surface area contributed by atoms with Gasteiger partial charge in [0.05, 0.1) is 23.1 Å². The van der Waals surface area contributed by atoms with E-state index in [1.165, 1.54) is 4.90 Å². The van der Waals surface area contributed by atoms with Gasteiger partial charge in [-0.1, -0.05) is 5.16 Å². The molecule has 0 spiro atoms. The molecule has 7 heteroatoms. The number of hydrogen-bond donors (Lipinski definition) is 1. The Bertz CT molecular complexity index is 693. The first kappa shape index (κ1) is 15.0. The molecule has 21 heavy (non-hydrogen) atoms. The number of nitrogens with zero attached hydrogens (tertiary/aromatic N) is 3. The number of aromatic nitrogens is 2. The first-order valence-electron chi connectivity index (χ1n) is 6.68. The molecule has 0 aromatic carbocycles. The van der Waals surface area contributed by atoms with Crippen LogP contribution >= 0.6 is 0 Å². The van der Waals surface area contributed by atoms with Gasteiger partial charge in [-0.15, -0.1) is 0 Å². The molecule has 0 saturated heterocycles. The molecule has 1 amide bonds. The molecule has 1 N–H and O–H groups in total. The van der Waals surface area contributed by atoms with Crippen LogP contribution in [0, 0.1) is 13.8 Å². The van der Waals surface area contributed by atoms with Gasteiger partial charge in [0, 0.05) is 18.8 Å². The van der Waals surface area contributed by atoms with Crippen molar-refractivity contribution in [3.63, 3.8) is 0 Å². The van der Waals surface area contributed by atoms with Crippen molar-refractivity contribution < 1.29 is 19.2 Å². The van der Waals surface area contributed by atoms with Gasteiger partial charge in [0.25, 0.3) is 11.6 Å². The lowest BCUT2D eigenvalue weighted by Gasteiger charge is -2.20. The van der Waals surface area contributed by atoms with Crippen LogP contribution in [0.1, 0.15) is 35.1 Å². The molecular weight excluding hydrogens is 274 g/mol. The average molecular weight is 291 g/mol. The van der Waals surface area contributed by atoms with Gasteiger partial charge in [-0.05, 0) is 26.8 Å². The summed E-state index contributed by atoms with van der Waals surface area (Å²) in [5.74, 6) is -1.17. The Hall–Kier alpha value is -2.44. The Balaban J connectivity index is 2.41. The number of aryl methyl sites for hydroxylation is 2. The van der Waals surface area contributed by atoms with Gasteiger partial charge in [0.2, 0.25) is 0 Å². The van der Waals surface area contributed by atoms with E-state index in [-0.39, 0.29) is 18.9 Å². The minimum atomic E-state index is -0.932. The molecule has 2 heterocycles. The normalized spacial score (nSPS) is 10.8. The highest BCUT2D eigenvalue weighted by molar-refractivity contribution is 6.06. The first-order chi connectivity index (χ1) is 9.93. The van der Waals surface area contributed by atoms with Gasteiger partial charge in [-0.25, -0.2) is 4.98 Å². The van der Waals surface area contributed by atoms with E-state index in [1.54, 1.807) is 19.9 Å². The van der Waals surface area contributed by atoms with E-state index in [4.69, 9.17) is 9.63 Å². The fourth-order valence-corrected chi connectivity index (χ4v) is 2.19. The molecule has 112 valence electrons. The molecular formula is C14H17N3O4. The summed E-state index contributed by atoms with van der Waals surface area (Å²) in [5, 5.41) is 13.2. The molecule has 0 aliphatic heterocycles. The van der Waals surface area contributed by atoms with E-state index in [1.807, 2.05) is 6.92 Å². The number of rotatable bonds is 5. The fourth-order valence-electron chi connectivity index (χ4n) is 2.19. The molecule has 0 aliphatic rings. The third kappa shape index (κ3) is 3.01.